The summed E-state index contributed by atoms with van der Waals surface area (Å²) in [5.41, 5.74) is 18.7. The van der Waals surface area contributed by atoms with Gasteiger partial charge in [0.15, 0.2) is 0 Å². The highest BCUT2D eigenvalue weighted by Gasteiger charge is 2.33. The number of nitrogens with one attached hydrogen (secondary N) is 2. The molecular formula is C82H80N6O6. The van der Waals surface area contributed by atoms with E-state index in [9.17, 15) is 0 Å². The second-order valence-corrected chi connectivity index (χ2v) is 23.7. The van der Waals surface area contributed by atoms with Crippen LogP contribution in [0.25, 0.3) is 111 Å². The number of rotatable bonds is 26. The van der Waals surface area contributed by atoms with Crippen molar-refractivity contribution in [1.82, 2.24) is 30.0 Å². The molecule has 0 saturated carbocycles. The Bertz CT molecular complexity index is 4260. The molecule has 474 valence electrons. The number of ether oxygens (including phenoxy) is 4. The highest BCUT2D eigenvalue weighted by Crippen LogP contribution is 2.51. The number of hydrazine groups is 1. The lowest BCUT2D eigenvalue weighted by Gasteiger charge is -2.19. The Hall–Kier alpha value is -10.7. The van der Waals surface area contributed by atoms with Crippen LogP contribution in [0.1, 0.15) is 100 Å². The molecule has 12 rings (SSSR count). The van der Waals surface area contributed by atoms with Crippen LogP contribution in [0.4, 0.5) is 0 Å². The number of carbonyl (C=O) groups excluding carboxylic acids is 2. The summed E-state index contributed by atoms with van der Waals surface area (Å²) in [6.45, 7) is 10.9. The summed E-state index contributed by atoms with van der Waals surface area (Å²) in [5.74, 6) is 1.58. The van der Waals surface area contributed by atoms with E-state index >= 15 is 9.59 Å². The zero-order chi connectivity index (χ0) is 64.9. The molecule has 4 aromatic heterocycles. The predicted octanol–water partition coefficient (Wildman–Crippen LogP) is 19.6. The largest absolute Gasteiger partial charge is 0.494 e. The maximum Gasteiger partial charge on any atom is 0.288 e. The van der Waals surface area contributed by atoms with E-state index in [1.54, 1.807) is 0 Å². The second kappa shape index (κ2) is 29.7. The first-order chi connectivity index (χ1) is 46.2. The molecule has 0 spiro atoms. The Labute approximate surface area is 551 Å². The molecule has 94 heavy (non-hydrogen) atoms. The molecule has 12 heteroatoms. The van der Waals surface area contributed by atoms with E-state index in [0.29, 0.717) is 60.4 Å². The molecule has 0 aliphatic rings. The summed E-state index contributed by atoms with van der Waals surface area (Å²) in [7, 11) is 4.15. The molecule has 12 nitrogen and oxygen atoms in total. The minimum atomic E-state index is -0.649. The van der Waals surface area contributed by atoms with Crippen LogP contribution in [0.5, 0.6) is 23.0 Å². The van der Waals surface area contributed by atoms with E-state index in [1.807, 2.05) is 170 Å². The molecule has 0 aliphatic heterocycles. The fourth-order valence-corrected chi connectivity index (χ4v) is 12.5. The van der Waals surface area contributed by atoms with Crippen molar-refractivity contribution in [3.8, 4) is 113 Å². The zero-order valence-corrected chi connectivity index (χ0v) is 54.5. The van der Waals surface area contributed by atoms with Crippen LogP contribution in [0.3, 0.4) is 0 Å². The van der Waals surface area contributed by atoms with Gasteiger partial charge in [0, 0.05) is 57.9 Å². The van der Waals surface area contributed by atoms with Gasteiger partial charge >= 0.3 is 0 Å². The summed E-state index contributed by atoms with van der Waals surface area (Å²) in [6.07, 6.45) is 7.66. The number of nitrogens with zero attached hydrogens (tertiary/aromatic N) is 4. The average Bonchev–Trinajstić information content (AvgIpc) is 1.54. The minimum absolute atomic E-state index is 0.0827. The minimum Gasteiger partial charge on any atom is -0.494 e. The lowest BCUT2D eigenvalue weighted by molar-refractivity contribution is 0.0842. The highest BCUT2D eigenvalue weighted by atomic mass is 16.5. The molecule has 0 aliphatic carbocycles. The number of fused-ring (bicyclic) bond motifs is 2. The van der Waals surface area contributed by atoms with Crippen molar-refractivity contribution in [2.45, 2.75) is 79.1 Å². The lowest BCUT2D eigenvalue weighted by Crippen LogP contribution is -2.42. The maximum atomic E-state index is 16.1. The zero-order valence-electron chi connectivity index (χ0n) is 54.5. The van der Waals surface area contributed by atoms with Gasteiger partial charge in [-0.3, -0.25) is 20.4 Å². The van der Waals surface area contributed by atoms with E-state index in [4.69, 9.17) is 28.9 Å². The summed E-state index contributed by atoms with van der Waals surface area (Å²) in [4.78, 5) is 43.4. The number of pyridine rings is 2. The smallest absolute Gasteiger partial charge is 0.288 e. The van der Waals surface area contributed by atoms with Crippen molar-refractivity contribution in [1.29, 1.82) is 0 Å². The van der Waals surface area contributed by atoms with Gasteiger partial charge in [-0.15, -0.1) is 0 Å². The average molecular weight is 1250 g/mol. The van der Waals surface area contributed by atoms with Crippen molar-refractivity contribution in [3.05, 3.63) is 230 Å². The van der Waals surface area contributed by atoms with Crippen LogP contribution in [0.15, 0.2) is 218 Å². The summed E-state index contributed by atoms with van der Waals surface area (Å²) in [6, 6.07) is 72.7. The molecule has 0 saturated heterocycles. The molecule has 0 bridgehead atoms. The Kier molecular flexibility index (Phi) is 20.0. The van der Waals surface area contributed by atoms with Crippen molar-refractivity contribution in [2.24, 2.45) is 14.1 Å². The van der Waals surface area contributed by atoms with Crippen molar-refractivity contribution in [2.75, 3.05) is 26.4 Å². The Morgan fingerprint density at radius 2 is 0.564 bits per heavy atom. The van der Waals surface area contributed by atoms with Crippen LogP contribution in [0.2, 0.25) is 0 Å². The van der Waals surface area contributed by atoms with Gasteiger partial charge in [-0.1, -0.05) is 199 Å². The Morgan fingerprint density at radius 1 is 0.319 bits per heavy atom. The predicted molar refractivity (Wildman–Crippen MR) is 381 cm³/mol. The topological polar surface area (TPSA) is 131 Å². The lowest BCUT2D eigenvalue weighted by atomic mass is 9.91. The standard InChI is InChI=1S/C82H80N6O6/c1-7-11-51-91-63-43-35-55(36-44-63)67-69-71(79(61-31-23-17-24-32-61)87(5)77(69)59-27-19-15-20-28-59)73(57-39-47-65(48-40-57)93-53-13-9-3)83-75(67)81(89)85-86-82(90)76-68(56-37-45-64(46-38-56)92-52-12-8-2)70-72(74(84-76)58-41-49-66(50-42-58)94-54-14-10-4)80(62-33-25-18-26-34-62)88(6)78(70)60-29-21-16-22-30-60/h15-50H,7-14,51-54H2,1-6H3,(H,85,89)(H,86,90). The third-order valence-electron chi connectivity index (χ3n) is 17.2. The van der Waals surface area contributed by atoms with E-state index in [-0.39, 0.29) is 11.4 Å². The molecule has 8 aromatic carbocycles. The maximum absolute atomic E-state index is 16.1. The number of benzene rings is 8. The third-order valence-corrected chi connectivity index (χ3v) is 17.2. The number of unbranched alkanes of at least 4 members (excludes halogenated alkanes) is 4. The molecule has 12 aromatic rings. The molecular weight excluding hydrogens is 1160 g/mol. The van der Waals surface area contributed by atoms with Gasteiger partial charge in [0.2, 0.25) is 0 Å². The Balaban J connectivity index is 1.09. The van der Waals surface area contributed by atoms with Crippen LogP contribution in [-0.2, 0) is 14.1 Å². The SMILES string of the molecule is CCCCOc1ccc(-c2nc(C(=O)NNC(=O)c3nc(-c4ccc(OCCCC)cc4)c4c(-c5ccccc5)n(C)c(-c5ccccc5)c4c3-c3ccc(OCCCC)cc3)c(-c3ccc(OCCCC)cc3)c3c(-c4ccccc4)n(C)c(-c4ccccc4)c23)cc1. The Morgan fingerprint density at radius 3 is 0.819 bits per heavy atom. The van der Waals surface area contributed by atoms with Crippen molar-refractivity contribution in [3.63, 3.8) is 0 Å². The molecule has 0 unspecified atom stereocenters. The summed E-state index contributed by atoms with van der Waals surface area (Å²) >= 11 is 0. The summed E-state index contributed by atoms with van der Waals surface area (Å²) in [5, 5.41) is 3.28. The van der Waals surface area contributed by atoms with Gasteiger partial charge in [-0.2, -0.15) is 0 Å². The normalized spacial score (nSPS) is 11.3. The number of amides is 2. The first kappa shape index (κ1) is 63.4. The monoisotopic (exact) mass is 1240 g/mol. The van der Waals surface area contributed by atoms with Gasteiger partial charge in [0.05, 0.1) is 60.6 Å². The number of carbonyl (C=O) groups is 2. The fraction of sp³-hybridized carbons (Fsp3) is 0.220. The van der Waals surface area contributed by atoms with E-state index in [0.717, 1.165) is 152 Å². The van der Waals surface area contributed by atoms with Crippen LogP contribution >= 0.6 is 0 Å². The second-order valence-electron chi connectivity index (χ2n) is 23.7. The van der Waals surface area contributed by atoms with Crippen molar-refractivity contribution < 1.29 is 28.5 Å². The highest BCUT2D eigenvalue weighted by molar-refractivity contribution is 6.23. The van der Waals surface area contributed by atoms with Gasteiger partial charge in [-0.25, -0.2) is 9.97 Å². The number of aromatic nitrogens is 4. The van der Waals surface area contributed by atoms with Crippen molar-refractivity contribution >= 4 is 33.4 Å². The third kappa shape index (κ3) is 13.3. The number of hydrogen-bond acceptors (Lipinski definition) is 8. The van der Waals surface area contributed by atoms with Crippen LogP contribution in [-0.4, -0.2) is 57.3 Å². The van der Waals surface area contributed by atoms with E-state index < -0.39 is 11.8 Å². The quantitative estimate of drug-likeness (QED) is 0.0405. The van der Waals surface area contributed by atoms with Crippen LogP contribution < -0.4 is 29.8 Å². The van der Waals surface area contributed by atoms with Gasteiger partial charge < -0.3 is 28.1 Å². The first-order valence-corrected chi connectivity index (χ1v) is 33.1. The molecule has 2 amide bonds. The molecule has 0 fully saturated rings. The molecule has 4 heterocycles. The van der Waals surface area contributed by atoms with E-state index in [2.05, 4.69) is 110 Å². The number of hydrogen-bond donors (Lipinski definition) is 2. The van der Waals surface area contributed by atoms with E-state index in [1.165, 1.54) is 0 Å². The molecule has 0 radical (unpaired) electrons. The molecule has 2 N–H and O–H groups in total. The first-order valence-electron chi connectivity index (χ1n) is 33.1. The van der Waals surface area contributed by atoms with Crippen LogP contribution in [0, 0.1) is 0 Å². The van der Waals surface area contributed by atoms with Gasteiger partial charge in [0.25, 0.3) is 11.8 Å². The summed E-state index contributed by atoms with van der Waals surface area (Å²) < 4.78 is 29.3. The fourth-order valence-electron chi connectivity index (χ4n) is 12.5. The molecule has 0 atom stereocenters. The van der Waals surface area contributed by atoms with Gasteiger partial charge in [0.1, 0.15) is 34.4 Å². The van der Waals surface area contributed by atoms with Gasteiger partial charge in [-0.05, 0) is 132 Å².